The molecule has 0 aromatic rings. The summed E-state index contributed by atoms with van der Waals surface area (Å²) >= 11 is 0. The number of hydrogen-bond donors (Lipinski definition) is 2. The molecule has 2 saturated heterocycles. The average molecular weight is 333 g/mol. The lowest BCUT2D eigenvalue weighted by atomic mass is 9.85. The van der Waals surface area contributed by atoms with Gasteiger partial charge in [0.25, 0.3) is 10.2 Å². The Bertz CT molecular complexity index is 468. The molecule has 0 amide bonds. The summed E-state index contributed by atoms with van der Waals surface area (Å²) in [5.74, 6) is -0.294. The van der Waals surface area contributed by atoms with Gasteiger partial charge >= 0.3 is 0 Å². The van der Waals surface area contributed by atoms with Crippen LogP contribution < -0.4 is 10.5 Å². The van der Waals surface area contributed by atoms with Gasteiger partial charge in [0, 0.05) is 32.0 Å². The van der Waals surface area contributed by atoms with E-state index in [1.807, 2.05) is 0 Å². The molecule has 3 fully saturated rings. The van der Waals surface area contributed by atoms with Crippen LogP contribution in [0.3, 0.4) is 0 Å². The van der Waals surface area contributed by atoms with Crippen LogP contribution in [0.5, 0.6) is 0 Å². The van der Waals surface area contributed by atoms with Gasteiger partial charge in [0.05, 0.1) is 13.2 Å². The maximum atomic E-state index is 12.6. The summed E-state index contributed by atoms with van der Waals surface area (Å²) in [4.78, 5) is 0. The van der Waals surface area contributed by atoms with Crippen molar-refractivity contribution in [1.29, 1.82) is 0 Å². The minimum absolute atomic E-state index is 0.0291. The summed E-state index contributed by atoms with van der Waals surface area (Å²) in [5, 5.41) is 0. The lowest BCUT2D eigenvalue weighted by Crippen LogP contribution is -2.54. The zero-order chi connectivity index (χ0) is 15.6. The second-order valence-corrected chi connectivity index (χ2v) is 8.22. The quantitative estimate of drug-likeness (QED) is 0.765. The van der Waals surface area contributed by atoms with Crippen LogP contribution in [0, 0.1) is 5.92 Å². The van der Waals surface area contributed by atoms with Gasteiger partial charge in [-0.1, -0.05) is 12.8 Å². The molecule has 1 saturated carbocycles. The monoisotopic (exact) mass is 333 g/mol. The molecule has 2 unspecified atom stereocenters. The predicted molar refractivity (Wildman–Crippen MR) is 82.3 cm³/mol. The number of ether oxygens (including phenoxy) is 2. The van der Waals surface area contributed by atoms with Crippen molar-refractivity contribution in [3.05, 3.63) is 0 Å². The first kappa shape index (κ1) is 16.6. The molecule has 2 aliphatic heterocycles. The summed E-state index contributed by atoms with van der Waals surface area (Å²) < 4.78 is 40.9. The standard InChI is InChI=1S/C14H27N3O4S/c15-11-12-3-1-2-4-13(12)16-22(18,19)17-7-5-14(6-8-17)20-9-10-21-14/h12-13,16H,1-11,15H2. The van der Waals surface area contributed by atoms with Crippen LogP contribution in [0.4, 0.5) is 0 Å². The molecule has 0 bridgehead atoms. The number of rotatable bonds is 4. The van der Waals surface area contributed by atoms with Gasteiger partial charge < -0.3 is 15.2 Å². The summed E-state index contributed by atoms with van der Waals surface area (Å²) in [7, 11) is -3.46. The van der Waals surface area contributed by atoms with Crippen molar-refractivity contribution >= 4 is 10.2 Å². The molecule has 2 heterocycles. The maximum absolute atomic E-state index is 12.6. The zero-order valence-corrected chi connectivity index (χ0v) is 13.8. The SMILES string of the molecule is NCC1CCCCC1NS(=O)(=O)N1CCC2(CC1)OCCO2. The van der Waals surface area contributed by atoms with Crippen LogP contribution >= 0.6 is 0 Å². The fraction of sp³-hybridized carbons (Fsp3) is 1.00. The molecule has 1 spiro atoms. The molecule has 0 aromatic carbocycles. The summed E-state index contributed by atoms with van der Waals surface area (Å²) in [6.45, 7) is 2.62. The van der Waals surface area contributed by atoms with E-state index in [-0.39, 0.29) is 12.0 Å². The highest BCUT2D eigenvalue weighted by Gasteiger charge is 2.43. The molecule has 2 atom stereocenters. The number of piperidine rings is 1. The molecular formula is C14H27N3O4S. The van der Waals surface area contributed by atoms with Crippen molar-refractivity contribution in [2.24, 2.45) is 11.7 Å². The first-order valence-electron chi connectivity index (χ1n) is 8.30. The van der Waals surface area contributed by atoms with Gasteiger partial charge in [0.2, 0.25) is 0 Å². The number of nitrogens with two attached hydrogens (primary N) is 1. The Kier molecular flexibility index (Phi) is 5.06. The topological polar surface area (TPSA) is 93.9 Å². The summed E-state index contributed by atoms with van der Waals surface area (Å²) in [6, 6.07) is -0.0291. The van der Waals surface area contributed by atoms with Crippen LogP contribution in [0.25, 0.3) is 0 Å². The lowest BCUT2D eigenvalue weighted by Gasteiger charge is -2.38. The molecule has 7 nitrogen and oxygen atoms in total. The smallest absolute Gasteiger partial charge is 0.279 e. The van der Waals surface area contributed by atoms with E-state index in [1.165, 1.54) is 4.31 Å². The Morgan fingerprint density at radius 3 is 2.41 bits per heavy atom. The third-order valence-electron chi connectivity index (χ3n) is 5.15. The van der Waals surface area contributed by atoms with E-state index in [9.17, 15) is 8.42 Å². The van der Waals surface area contributed by atoms with Crippen molar-refractivity contribution in [3.63, 3.8) is 0 Å². The van der Waals surface area contributed by atoms with E-state index >= 15 is 0 Å². The van der Waals surface area contributed by atoms with Gasteiger partial charge in [-0.3, -0.25) is 0 Å². The maximum Gasteiger partial charge on any atom is 0.279 e. The number of hydrogen-bond acceptors (Lipinski definition) is 5. The van der Waals surface area contributed by atoms with E-state index in [0.717, 1.165) is 25.7 Å². The third-order valence-corrected chi connectivity index (χ3v) is 6.80. The molecule has 3 aliphatic rings. The Morgan fingerprint density at radius 2 is 1.77 bits per heavy atom. The zero-order valence-electron chi connectivity index (χ0n) is 13.0. The van der Waals surface area contributed by atoms with Gasteiger partial charge in [-0.05, 0) is 25.3 Å². The molecule has 0 aromatic heterocycles. The summed E-state index contributed by atoms with van der Waals surface area (Å²) in [6.07, 6.45) is 5.28. The predicted octanol–water partition coefficient (Wildman–Crippen LogP) is 0.177. The van der Waals surface area contributed by atoms with Crippen molar-refractivity contribution in [1.82, 2.24) is 9.03 Å². The van der Waals surface area contributed by atoms with E-state index < -0.39 is 16.0 Å². The number of nitrogens with one attached hydrogen (secondary N) is 1. The first-order valence-corrected chi connectivity index (χ1v) is 9.74. The van der Waals surface area contributed by atoms with Crippen LogP contribution in [0.1, 0.15) is 38.5 Å². The van der Waals surface area contributed by atoms with Gasteiger partial charge in [-0.2, -0.15) is 17.4 Å². The molecule has 8 heteroatoms. The van der Waals surface area contributed by atoms with E-state index in [0.29, 0.717) is 45.7 Å². The molecule has 0 radical (unpaired) electrons. The van der Waals surface area contributed by atoms with Crippen molar-refractivity contribution < 1.29 is 17.9 Å². The van der Waals surface area contributed by atoms with Gasteiger partial charge in [-0.15, -0.1) is 0 Å². The molecule has 3 N–H and O–H groups in total. The highest BCUT2D eigenvalue weighted by Crippen LogP contribution is 2.32. The van der Waals surface area contributed by atoms with Crippen LogP contribution in [0.15, 0.2) is 0 Å². The Labute approximate surface area is 132 Å². The minimum Gasteiger partial charge on any atom is -0.347 e. The Morgan fingerprint density at radius 1 is 1.14 bits per heavy atom. The van der Waals surface area contributed by atoms with E-state index in [2.05, 4.69) is 4.72 Å². The van der Waals surface area contributed by atoms with Crippen molar-refractivity contribution in [2.45, 2.75) is 50.4 Å². The molecule has 3 rings (SSSR count). The number of nitrogens with zero attached hydrogens (tertiary/aromatic N) is 1. The largest absolute Gasteiger partial charge is 0.347 e. The minimum atomic E-state index is -3.46. The molecule has 128 valence electrons. The van der Waals surface area contributed by atoms with Crippen molar-refractivity contribution in [2.75, 3.05) is 32.8 Å². The van der Waals surface area contributed by atoms with Gasteiger partial charge in [-0.25, -0.2) is 0 Å². The molecular weight excluding hydrogens is 306 g/mol. The second-order valence-electron chi connectivity index (χ2n) is 6.52. The highest BCUT2D eigenvalue weighted by molar-refractivity contribution is 7.87. The van der Waals surface area contributed by atoms with E-state index in [4.69, 9.17) is 15.2 Å². The van der Waals surface area contributed by atoms with Gasteiger partial charge in [0.1, 0.15) is 0 Å². The van der Waals surface area contributed by atoms with Crippen LogP contribution in [0.2, 0.25) is 0 Å². The fourth-order valence-electron chi connectivity index (χ4n) is 3.76. The fourth-order valence-corrected chi connectivity index (χ4v) is 5.27. The Balaban J connectivity index is 1.59. The first-order chi connectivity index (χ1) is 10.5. The second kappa shape index (κ2) is 6.70. The van der Waals surface area contributed by atoms with Crippen LogP contribution in [-0.2, 0) is 19.7 Å². The van der Waals surface area contributed by atoms with Gasteiger partial charge in [0.15, 0.2) is 5.79 Å². The Hall–Kier alpha value is -0.250. The third kappa shape index (κ3) is 3.47. The molecule has 1 aliphatic carbocycles. The average Bonchev–Trinajstić information content (AvgIpc) is 2.96. The van der Waals surface area contributed by atoms with Crippen molar-refractivity contribution in [3.8, 4) is 0 Å². The summed E-state index contributed by atoms with van der Waals surface area (Å²) in [5.41, 5.74) is 5.79. The lowest BCUT2D eigenvalue weighted by molar-refractivity contribution is -0.179. The van der Waals surface area contributed by atoms with Crippen LogP contribution in [-0.4, -0.2) is 57.4 Å². The van der Waals surface area contributed by atoms with E-state index in [1.54, 1.807) is 0 Å². The highest BCUT2D eigenvalue weighted by atomic mass is 32.2. The normalized spacial score (nSPS) is 33.3. The molecule has 22 heavy (non-hydrogen) atoms.